The zero-order chi connectivity index (χ0) is 17.6. The van der Waals surface area contributed by atoms with Crippen molar-refractivity contribution in [2.75, 3.05) is 5.73 Å². The molecule has 0 saturated carbocycles. The first kappa shape index (κ1) is 13.9. The van der Waals surface area contributed by atoms with E-state index in [-0.39, 0.29) is 0 Å². The lowest BCUT2D eigenvalue weighted by Gasteiger charge is -2.14. The van der Waals surface area contributed by atoms with Crippen LogP contribution in [0.1, 0.15) is 5.56 Å². The predicted octanol–water partition coefficient (Wildman–Crippen LogP) is 4.71. The third kappa shape index (κ3) is 1.43. The molecule has 6 aromatic rings. The van der Waals surface area contributed by atoms with Gasteiger partial charge >= 0.3 is 0 Å². The Labute approximate surface area is 150 Å². The van der Waals surface area contributed by atoms with Crippen LogP contribution in [0.2, 0.25) is 0 Å². The van der Waals surface area contributed by atoms with Crippen molar-refractivity contribution in [1.29, 1.82) is 0 Å². The molecule has 0 unspecified atom stereocenters. The summed E-state index contributed by atoms with van der Waals surface area (Å²) in [6.07, 6.45) is 2.15. The van der Waals surface area contributed by atoms with Crippen molar-refractivity contribution in [3.63, 3.8) is 0 Å². The predicted molar refractivity (Wildman–Crippen MR) is 109 cm³/mol. The van der Waals surface area contributed by atoms with Gasteiger partial charge in [-0.3, -0.25) is 0 Å². The van der Waals surface area contributed by atoms with E-state index in [0.29, 0.717) is 0 Å². The molecule has 0 fully saturated rings. The first-order chi connectivity index (χ1) is 12.7. The Morgan fingerprint density at radius 1 is 0.846 bits per heavy atom. The number of rotatable bonds is 0. The average molecular weight is 336 g/mol. The fraction of sp³-hybridized carbons (Fsp3) is 0.0870. The van der Waals surface area contributed by atoms with E-state index in [2.05, 4.69) is 77.7 Å². The van der Waals surface area contributed by atoms with Crippen molar-refractivity contribution in [3.8, 4) is 0 Å². The molecular weight excluding hydrogens is 318 g/mol. The number of anilines is 1. The number of hydrogen-bond acceptors (Lipinski definition) is 1. The Morgan fingerprint density at radius 2 is 1.69 bits per heavy atom. The van der Waals surface area contributed by atoms with Crippen LogP contribution in [-0.4, -0.2) is 4.40 Å². The first-order valence-corrected chi connectivity index (χ1v) is 8.91. The Bertz CT molecular complexity index is 1500. The summed E-state index contributed by atoms with van der Waals surface area (Å²) in [6, 6.07) is 19.4. The molecule has 3 heterocycles. The number of pyridine rings is 2. The van der Waals surface area contributed by atoms with Crippen molar-refractivity contribution in [1.82, 2.24) is 4.40 Å². The Hall–Kier alpha value is -3.33. The lowest BCUT2D eigenvalue weighted by molar-refractivity contribution is -0.643. The van der Waals surface area contributed by atoms with Crippen molar-refractivity contribution in [3.05, 3.63) is 66.4 Å². The molecule has 0 bridgehead atoms. The number of fused-ring (bicyclic) bond motifs is 5. The molecule has 0 spiro atoms. The Kier molecular flexibility index (Phi) is 2.37. The van der Waals surface area contributed by atoms with Gasteiger partial charge in [-0.25, -0.2) is 4.57 Å². The van der Waals surface area contributed by atoms with Crippen molar-refractivity contribution in [2.45, 2.75) is 6.92 Å². The fourth-order valence-electron chi connectivity index (χ4n) is 4.69. The van der Waals surface area contributed by atoms with Crippen molar-refractivity contribution in [2.24, 2.45) is 7.05 Å². The summed E-state index contributed by atoms with van der Waals surface area (Å²) in [4.78, 5) is 0. The highest BCUT2D eigenvalue weighted by atomic mass is 15.0. The summed E-state index contributed by atoms with van der Waals surface area (Å²) < 4.78 is 4.60. The van der Waals surface area contributed by atoms with Crippen LogP contribution in [0.3, 0.4) is 0 Å². The number of benzene rings is 3. The van der Waals surface area contributed by atoms with Crippen LogP contribution in [0.5, 0.6) is 0 Å². The highest BCUT2D eigenvalue weighted by Gasteiger charge is 2.24. The van der Waals surface area contributed by atoms with E-state index in [0.717, 1.165) is 11.2 Å². The molecule has 3 nitrogen and oxygen atoms in total. The second-order valence-electron chi connectivity index (χ2n) is 7.25. The minimum atomic E-state index is 0.819. The van der Waals surface area contributed by atoms with Crippen LogP contribution in [0, 0.1) is 6.92 Å². The standard InChI is InChI=1S/C23H18N3/c1-13-7-9-16-15-5-3-4-6-18(15)26-21(16)19(13)23-20-14(11-12-25(23)2)8-10-17(24)22(20)26/h3-12H,24H2,1-2H3/q+1. The molecule has 3 aromatic carbocycles. The molecule has 3 heteroatoms. The van der Waals surface area contributed by atoms with Gasteiger partial charge in [0.1, 0.15) is 7.05 Å². The smallest absolute Gasteiger partial charge is 0.224 e. The highest BCUT2D eigenvalue weighted by molar-refractivity contribution is 6.27. The molecular formula is C23H18N3+. The zero-order valence-electron chi connectivity index (χ0n) is 14.7. The zero-order valence-corrected chi connectivity index (χ0v) is 14.7. The Balaban J connectivity index is 2.19. The topological polar surface area (TPSA) is 34.3 Å². The van der Waals surface area contributed by atoms with E-state index < -0.39 is 0 Å². The molecule has 26 heavy (non-hydrogen) atoms. The lowest BCUT2D eigenvalue weighted by atomic mass is 9.99. The van der Waals surface area contributed by atoms with Crippen LogP contribution in [0.15, 0.2) is 60.8 Å². The molecule has 2 N–H and O–H groups in total. The molecule has 0 aliphatic heterocycles. The van der Waals surface area contributed by atoms with Crippen LogP contribution >= 0.6 is 0 Å². The number of para-hydroxylation sites is 1. The van der Waals surface area contributed by atoms with Crippen LogP contribution in [-0.2, 0) is 7.05 Å². The summed E-state index contributed by atoms with van der Waals surface area (Å²) in [5.74, 6) is 0. The maximum atomic E-state index is 6.54. The van der Waals surface area contributed by atoms with E-state index in [1.807, 2.05) is 6.07 Å². The van der Waals surface area contributed by atoms with Gasteiger partial charge < -0.3 is 10.1 Å². The minimum Gasteiger partial charge on any atom is -0.397 e. The number of nitrogens with zero attached hydrogens (tertiary/aromatic N) is 2. The molecule has 0 aliphatic rings. The minimum absolute atomic E-state index is 0.819. The summed E-state index contributed by atoms with van der Waals surface area (Å²) in [5, 5.41) is 6.33. The number of nitrogen functional groups attached to an aromatic ring is 1. The average Bonchev–Trinajstić information content (AvgIpc) is 2.98. The van der Waals surface area contributed by atoms with Gasteiger partial charge in [0.25, 0.3) is 0 Å². The van der Waals surface area contributed by atoms with Gasteiger partial charge in [-0.2, -0.15) is 0 Å². The molecule has 6 rings (SSSR count). The number of hydrogen-bond donors (Lipinski definition) is 1. The number of aromatic nitrogens is 2. The van der Waals surface area contributed by atoms with E-state index in [4.69, 9.17) is 5.73 Å². The largest absolute Gasteiger partial charge is 0.397 e. The quantitative estimate of drug-likeness (QED) is 0.185. The summed E-state index contributed by atoms with van der Waals surface area (Å²) in [5.41, 5.74) is 13.5. The summed E-state index contributed by atoms with van der Waals surface area (Å²) in [7, 11) is 2.12. The maximum absolute atomic E-state index is 6.54. The van der Waals surface area contributed by atoms with Crippen molar-refractivity contribution >= 4 is 54.7 Å². The van der Waals surface area contributed by atoms with Gasteiger partial charge in [0.15, 0.2) is 6.20 Å². The molecule has 0 atom stereocenters. The SMILES string of the molecule is Cc1ccc2c3ccccc3n3c4c(N)ccc5cc[n+](C)c(c1c23)c54. The second kappa shape index (κ2) is 4.44. The van der Waals surface area contributed by atoms with E-state index in [1.165, 1.54) is 49.0 Å². The lowest BCUT2D eigenvalue weighted by Crippen LogP contribution is -2.29. The highest BCUT2D eigenvalue weighted by Crippen LogP contribution is 2.41. The summed E-state index contributed by atoms with van der Waals surface area (Å²) in [6.45, 7) is 2.20. The molecule has 124 valence electrons. The number of aryl methyl sites for hydroxylation is 2. The third-order valence-electron chi connectivity index (χ3n) is 5.81. The van der Waals surface area contributed by atoms with E-state index in [1.54, 1.807) is 0 Å². The van der Waals surface area contributed by atoms with Crippen LogP contribution < -0.4 is 10.3 Å². The monoisotopic (exact) mass is 336 g/mol. The Morgan fingerprint density at radius 3 is 2.58 bits per heavy atom. The molecule has 3 aromatic heterocycles. The van der Waals surface area contributed by atoms with Gasteiger partial charge in [0.05, 0.1) is 33.0 Å². The van der Waals surface area contributed by atoms with Gasteiger partial charge in [0, 0.05) is 16.8 Å². The van der Waals surface area contributed by atoms with E-state index >= 15 is 0 Å². The third-order valence-corrected chi connectivity index (χ3v) is 5.81. The molecule has 0 saturated heterocycles. The molecule has 0 aliphatic carbocycles. The molecule has 0 radical (unpaired) electrons. The first-order valence-electron chi connectivity index (χ1n) is 8.91. The van der Waals surface area contributed by atoms with Gasteiger partial charge in [-0.15, -0.1) is 0 Å². The fourth-order valence-corrected chi connectivity index (χ4v) is 4.69. The van der Waals surface area contributed by atoms with Crippen LogP contribution in [0.25, 0.3) is 49.0 Å². The number of nitrogens with two attached hydrogens (primary N) is 1. The van der Waals surface area contributed by atoms with Crippen LogP contribution in [0.4, 0.5) is 5.69 Å². The molecule has 0 amide bonds. The second-order valence-corrected chi connectivity index (χ2v) is 7.25. The maximum Gasteiger partial charge on any atom is 0.224 e. The van der Waals surface area contributed by atoms with Crippen molar-refractivity contribution < 1.29 is 4.57 Å². The van der Waals surface area contributed by atoms with Gasteiger partial charge in [0.2, 0.25) is 5.52 Å². The summed E-state index contributed by atoms with van der Waals surface area (Å²) >= 11 is 0. The van der Waals surface area contributed by atoms with Gasteiger partial charge in [-0.1, -0.05) is 36.4 Å². The van der Waals surface area contributed by atoms with Gasteiger partial charge in [-0.05, 0) is 30.0 Å². The normalized spacial score (nSPS) is 12.4. The van der Waals surface area contributed by atoms with E-state index in [9.17, 15) is 0 Å².